The molecule has 4 heteroatoms. The first kappa shape index (κ1) is 25.8. The third-order valence-corrected chi connectivity index (χ3v) is 5.14. The summed E-state index contributed by atoms with van der Waals surface area (Å²) in [7, 11) is 0. The summed E-state index contributed by atoms with van der Waals surface area (Å²) < 4.78 is 0. The zero-order chi connectivity index (χ0) is 19.1. The maximum atomic E-state index is 5.71. The van der Waals surface area contributed by atoms with Gasteiger partial charge >= 0.3 is 0 Å². The van der Waals surface area contributed by atoms with E-state index in [2.05, 4.69) is 17.1 Å². The Labute approximate surface area is 164 Å². The third kappa shape index (κ3) is 20.2. The van der Waals surface area contributed by atoms with Gasteiger partial charge in [0.05, 0.1) is 0 Å². The van der Waals surface area contributed by atoms with Crippen molar-refractivity contribution in [1.82, 2.24) is 10.2 Å². The Morgan fingerprint density at radius 3 is 1.58 bits per heavy atom. The number of rotatable bonds is 22. The summed E-state index contributed by atoms with van der Waals surface area (Å²) in [6.45, 7) is 9.75. The molecule has 0 bridgehead atoms. The van der Waals surface area contributed by atoms with Crippen molar-refractivity contribution in [2.24, 2.45) is 11.5 Å². The molecule has 4 nitrogen and oxygen atoms in total. The number of hydrogen-bond acceptors (Lipinski definition) is 4. The Balaban J connectivity index is 3.52. The number of nitrogens with zero attached hydrogens (tertiary/aromatic N) is 1. The summed E-state index contributed by atoms with van der Waals surface area (Å²) in [5.74, 6) is 0. The average Bonchev–Trinajstić information content (AvgIpc) is 2.66. The van der Waals surface area contributed by atoms with E-state index < -0.39 is 0 Å². The van der Waals surface area contributed by atoms with Crippen molar-refractivity contribution in [2.45, 2.75) is 96.8 Å². The van der Waals surface area contributed by atoms with Crippen LogP contribution in [-0.2, 0) is 0 Å². The van der Waals surface area contributed by atoms with Gasteiger partial charge in [0.1, 0.15) is 0 Å². The lowest BCUT2D eigenvalue weighted by Crippen LogP contribution is -2.29. The predicted octanol–water partition coefficient (Wildman–Crippen LogP) is 4.28. The van der Waals surface area contributed by atoms with Crippen LogP contribution < -0.4 is 16.8 Å². The van der Waals surface area contributed by atoms with Crippen molar-refractivity contribution in [3.05, 3.63) is 0 Å². The maximum Gasteiger partial charge on any atom is -0.000672 e. The lowest BCUT2D eigenvalue weighted by Gasteiger charge is -2.22. The molecule has 0 amide bonds. The van der Waals surface area contributed by atoms with Gasteiger partial charge in [-0.3, -0.25) is 0 Å². The van der Waals surface area contributed by atoms with Gasteiger partial charge in [-0.1, -0.05) is 64.7 Å². The van der Waals surface area contributed by atoms with E-state index in [-0.39, 0.29) is 0 Å². The maximum absolute atomic E-state index is 5.71. The smallest absolute Gasteiger partial charge is 0.000672 e. The fourth-order valence-electron chi connectivity index (χ4n) is 3.41. The zero-order valence-corrected chi connectivity index (χ0v) is 18.0. The van der Waals surface area contributed by atoms with Crippen LogP contribution in [0.1, 0.15) is 96.8 Å². The predicted molar refractivity (Wildman–Crippen MR) is 118 cm³/mol. The van der Waals surface area contributed by atoms with Crippen molar-refractivity contribution >= 4 is 0 Å². The van der Waals surface area contributed by atoms with Crippen molar-refractivity contribution in [3.8, 4) is 0 Å². The zero-order valence-electron chi connectivity index (χ0n) is 18.0. The first-order chi connectivity index (χ1) is 12.8. The van der Waals surface area contributed by atoms with E-state index in [0.29, 0.717) is 0 Å². The van der Waals surface area contributed by atoms with Crippen LogP contribution in [0.3, 0.4) is 0 Å². The molecule has 0 aliphatic heterocycles. The quantitative estimate of drug-likeness (QED) is 0.249. The molecule has 26 heavy (non-hydrogen) atoms. The van der Waals surface area contributed by atoms with Gasteiger partial charge in [0, 0.05) is 0 Å². The molecule has 0 aliphatic carbocycles. The van der Waals surface area contributed by atoms with Gasteiger partial charge in [-0.05, 0) is 77.9 Å². The number of nitrogens with two attached hydrogens (primary N) is 2. The van der Waals surface area contributed by atoms with E-state index in [1.807, 2.05) is 0 Å². The summed E-state index contributed by atoms with van der Waals surface area (Å²) >= 11 is 0. The molecule has 0 aromatic rings. The molecule has 0 saturated carbocycles. The second kappa shape index (κ2) is 22.9. The Morgan fingerprint density at radius 2 is 1.00 bits per heavy atom. The summed E-state index contributed by atoms with van der Waals surface area (Å²) in [5, 5.41) is 3.47. The van der Waals surface area contributed by atoms with Crippen LogP contribution in [0.2, 0.25) is 0 Å². The second-order valence-corrected chi connectivity index (χ2v) is 7.77. The Bertz CT molecular complexity index is 248. The molecule has 0 heterocycles. The number of hydrogen-bond donors (Lipinski definition) is 3. The molecule has 0 atom stereocenters. The minimum atomic E-state index is 0.790. The molecule has 0 unspecified atom stereocenters. The van der Waals surface area contributed by atoms with E-state index in [1.165, 1.54) is 96.7 Å². The average molecular weight is 371 g/mol. The van der Waals surface area contributed by atoms with Crippen LogP contribution in [0.25, 0.3) is 0 Å². The van der Waals surface area contributed by atoms with Gasteiger partial charge in [-0.25, -0.2) is 0 Å². The van der Waals surface area contributed by atoms with E-state index >= 15 is 0 Å². The molecule has 0 aromatic carbocycles. The van der Waals surface area contributed by atoms with Crippen LogP contribution in [0.15, 0.2) is 0 Å². The minimum Gasteiger partial charge on any atom is -0.330 e. The van der Waals surface area contributed by atoms with Crippen LogP contribution in [0.5, 0.6) is 0 Å². The Hall–Kier alpha value is -0.160. The monoisotopic (exact) mass is 370 g/mol. The largest absolute Gasteiger partial charge is 0.330 e. The molecule has 158 valence electrons. The highest BCUT2D eigenvalue weighted by molar-refractivity contribution is 4.61. The second-order valence-electron chi connectivity index (χ2n) is 7.77. The topological polar surface area (TPSA) is 67.3 Å². The summed E-state index contributed by atoms with van der Waals surface area (Å²) in [4.78, 5) is 2.64. The minimum absolute atomic E-state index is 0.790. The summed E-state index contributed by atoms with van der Waals surface area (Å²) in [6, 6.07) is 0. The van der Waals surface area contributed by atoms with Gasteiger partial charge < -0.3 is 21.7 Å². The lowest BCUT2D eigenvalue weighted by atomic mass is 10.1. The van der Waals surface area contributed by atoms with Crippen molar-refractivity contribution in [3.63, 3.8) is 0 Å². The van der Waals surface area contributed by atoms with Crippen molar-refractivity contribution in [1.29, 1.82) is 0 Å². The van der Waals surface area contributed by atoms with E-state index in [0.717, 1.165) is 39.0 Å². The summed E-state index contributed by atoms with van der Waals surface area (Å²) in [6.07, 6.45) is 18.9. The van der Waals surface area contributed by atoms with E-state index in [1.54, 1.807) is 0 Å². The number of nitrogens with one attached hydrogen (secondary N) is 1. The van der Waals surface area contributed by atoms with Gasteiger partial charge in [0.15, 0.2) is 0 Å². The Kier molecular flexibility index (Phi) is 22.7. The molecule has 0 rings (SSSR count). The van der Waals surface area contributed by atoms with Crippen LogP contribution in [-0.4, -0.2) is 50.7 Å². The van der Waals surface area contributed by atoms with Gasteiger partial charge in [-0.15, -0.1) is 0 Å². The van der Waals surface area contributed by atoms with Crippen LogP contribution >= 0.6 is 0 Å². The molecule has 0 radical (unpaired) electrons. The number of unbranched alkanes of at least 4 members (excludes halogenated alkanes) is 10. The van der Waals surface area contributed by atoms with E-state index in [9.17, 15) is 0 Å². The normalized spacial score (nSPS) is 11.5. The molecule has 0 saturated heterocycles. The first-order valence-corrected chi connectivity index (χ1v) is 11.7. The van der Waals surface area contributed by atoms with Crippen LogP contribution in [0.4, 0.5) is 0 Å². The highest BCUT2D eigenvalue weighted by Gasteiger charge is 2.04. The van der Waals surface area contributed by atoms with Crippen molar-refractivity contribution in [2.75, 3.05) is 45.8 Å². The highest BCUT2D eigenvalue weighted by atomic mass is 15.1. The molecular formula is C22H50N4. The lowest BCUT2D eigenvalue weighted by molar-refractivity contribution is 0.259. The van der Waals surface area contributed by atoms with Crippen LogP contribution in [0, 0.1) is 0 Å². The fraction of sp³-hybridized carbons (Fsp3) is 1.00. The van der Waals surface area contributed by atoms with Gasteiger partial charge in [0.25, 0.3) is 0 Å². The summed E-state index contributed by atoms with van der Waals surface area (Å²) in [5.41, 5.74) is 11.2. The standard InChI is InChI=1S/C22H50N4/c1-2-3-4-5-6-7-8-9-10-12-20-26(22-15-17-24)21-13-11-18-25-19-14-16-23/h25H,2-24H2,1H3. The third-order valence-electron chi connectivity index (χ3n) is 5.14. The molecule has 0 fully saturated rings. The molecule has 0 spiro atoms. The molecule has 0 aromatic heterocycles. The highest BCUT2D eigenvalue weighted by Crippen LogP contribution is 2.11. The van der Waals surface area contributed by atoms with Gasteiger partial charge in [0.2, 0.25) is 0 Å². The van der Waals surface area contributed by atoms with Gasteiger partial charge in [-0.2, -0.15) is 0 Å². The molecule has 0 aliphatic rings. The fourth-order valence-corrected chi connectivity index (χ4v) is 3.41. The Morgan fingerprint density at radius 1 is 0.538 bits per heavy atom. The SMILES string of the molecule is CCCCCCCCCCCCN(CCCN)CCCCNCCCN. The van der Waals surface area contributed by atoms with Crippen molar-refractivity contribution < 1.29 is 0 Å². The first-order valence-electron chi connectivity index (χ1n) is 11.7. The molecule has 5 N–H and O–H groups in total. The molecular weight excluding hydrogens is 320 g/mol. The van der Waals surface area contributed by atoms with E-state index in [4.69, 9.17) is 11.5 Å².